The highest BCUT2D eigenvalue weighted by molar-refractivity contribution is 5.76. The molecule has 1 atom stereocenters. The molecule has 0 saturated carbocycles. The molecule has 1 aromatic rings. The van der Waals surface area contributed by atoms with Crippen LogP contribution in [0.3, 0.4) is 0 Å². The van der Waals surface area contributed by atoms with Gasteiger partial charge in [0.25, 0.3) is 0 Å². The Morgan fingerprint density at radius 2 is 2.16 bits per heavy atom. The first-order valence-electron chi connectivity index (χ1n) is 7.34. The summed E-state index contributed by atoms with van der Waals surface area (Å²) < 4.78 is 0. The van der Waals surface area contributed by atoms with Crippen LogP contribution in [0, 0.1) is 0 Å². The summed E-state index contributed by atoms with van der Waals surface area (Å²) in [5.74, 6) is 0.290. The van der Waals surface area contributed by atoms with E-state index in [1.165, 1.54) is 12.0 Å². The third kappa shape index (κ3) is 4.35. The molecule has 0 spiro atoms. The molecule has 1 aromatic carbocycles. The maximum absolute atomic E-state index is 12.2. The van der Waals surface area contributed by atoms with E-state index < -0.39 is 0 Å². The van der Waals surface area contributed by atoms with E-state index >= 15 is 0 Å². The highest BCUT2D eigenvalue weighted by Gasteiger charge is 2.20. The highest BCUT2D eigenvalue weighted by Crippen LogP contribution is 2.11. The van der Waals surface area contributed by atoms with Crippen LogP contribution in [0.5, 0.6) is 0 Å². The normalized spacial score (nSPS) is 18.5. The molecule has 19 heavy (non-hydrogen) atoms. The number of nitrogens with one attached hydrogen (secondary N) is 1. The summed E-state index contributed by atoms with van der Waals surface area (Å²) >= 11 is 0. The Bertz CT molecular complexity index is 385. The molecule has 0 radical (unpaired) electrons. The third-order valence-electron chi connectivity index (χ3n) is 3.83. The van der Waals surface area contributed by atoms with Gasteiger partial charge in [-0.15, -0.1) is 0 Å². The lowest BCUT2D eigenvalue weighted by Gasteiger charge is -2.22. The Morgan fingerprint density at radius 1 is 1.37 bits per heavy atom. The van der Waals surface area contributed by atoms with Gasteiger partial charge >= 0.3 is 0 Å². The molecule has 1 aliphatic heterocycles. The lowest BCUT2D eigenvalue weighted by molar-refractivity contribution is -0.131. The molecular weight excluding hydrogens is 236 g/mol. The summed E-state index contributed by atoms with van der Waals surface area (Å²) in [4.78, 5) is 14.2. The van der Waals surface area contributed by atoms with Crippen molar-refractivity contribution in [3.8, 4) is 0 Å². The largest absolute Gasteiger partial charge is 0.343 e. The number of rotatable bonds is 6. The second kappa shape index (κ2) is 7.29. The number of nitrogens with zero attached hydrogens (tertiary/aromatic N) is 1. The fraction of sp³-hybridized carbons (Fsp3) is 0.562. The van der Waals surface area contributed by atoms with Crippen molar-refractivity contribution in [2.75, 3.05) is 19.6 Å². The van der Waals surface area contributed by atoms with Crippen molar-refractivity contribution >= 4 is 5.91 Å². The minimum atomic E-state index is 0.290. The van der Waals surface area contributed by atoms with Crippen LogP contribution in [0.2, 0.25) is 0 Å². The molecule has 0 aliphatic carbocycles. The standard InChI is InChI=1S/C16H24N2O/c1-2-18(12-10-14-7-4-3-5-8-14)16(19)13-15-9-6-11-17-15/h3-5,7-8,15,17H,2,6,9-13H2,1H3. The number of hydrogen-bond donors (Lipinski definition) is 1. The van der Waals surface area contributed by atoms with Gasteiger partial charge in [-0.3, -0.25) is 4.79 Å². The zero-order valence-corrected chi connectivity index (χ0v) is 11.8. The van der Waals surface area contributed by atoms with E-state index in [0.717, 1.165) is 32.5 Å². The average Bonchev–Trinajstić information content (AvgIpc) is 2.93. The molecular formula is C16H24N2O. The van der Waals surface area contributed by atoms with E-state index in [-0.39, 0.29) is 5.91 Å². The van der Waals surface area contributed by atoms with Crippen LogP contribution < -0.4 is 5.32 Å². The van der Waals surface area contributed by atoms with Gasteiger partial charge in [-0.2, -0.15) is 0 Å². The van der Waals surface area contributed by atoms with Gasteiger partial charge < -0.3 is 10.2 Å². The first kappa shape index (κ1) is 14.1. The Balaban J connectivity index is 1.80. The molecule has 1 N–H and O–H groups in total. The first-order chi connectivity index (χ1) is 9.29. The van der Waals surface area contributed by atoms with Crippen LogP contribution in [0.15, 0.2) is 30.3 Å². The van der Waals surface area contributed by atoms with E-state index in [2.05, 4.69) is 36.5 Å². The van der Waals surface area contributed by atoms with Crippen molar-refractivity contribution < 1.29 is 4.79 Å². The van der Waals surface area contributed by atoms with Crippen LogP contribution in [-0.4, -0.2) is 36.5 Å². The molecule has 3 heteroatoms. The number of likely N-dealkylation sites (N-methyl/N-ethyl adjacent to an activating group) is 1. The van der Waals surface area contributed by atoms with E-state index in [1.807, 2.05) is 11.0 Å². The van der Waals surface area contributed by atoms with Crippen molar-refractivity contribution in [3.63, 3.8) is 0 Å². The van der Waals surface area contributed by atoms with Gasteiger partial charge in [0.1, 0.15) is 0 Å². The Hall–Kier alpha value is -1.35. The molecule has 2 rings (SSSR count). The second-order valence-corrected chi connectivity index (χ2v) is 5.21. The molecule has 0 bridgehead atoms. The smallest absolute Gasteiger partial charge is 0.224 e. The van der Waals surface area contributed by atoms with Gasteiger partial charge in [0, 0.05) is 25.6 Å². The van der Waals surface area contributed by atoms with Crippen molar-refractivity contribution in [1.29, 1.82) is 0 Å². The number of benzene rings is 1. The Labute approximate surface area is 116 Å². The lowest BCUT2D eigenvalue weighted by atomic mass is 10.1. The van der Waals surface area contributed by atoms with Crippen LogP contribution in [-0.2, 0) is 11.2 Å². The van der Waals surface area contributed by atoms with Gasteiger partial charge in [0.15, 0.2) is 0 Å². The van der Waals surface area contributed by atoms with E-state index in [1.54, 1.807) is 0 Å². The van der Waals surface area contributed by atoms with Crippen molar-refractivity contribution in [2.24, 2.45) is 0 Å². The molecule has 104 valence electrons. The Morgan fingerprint density at radius 3 is 2.79 bits per heavy atom. The fourth-order valence-electron chi connectivity index (χ4n) is 2.64. The molecule has 1 heterocycles. The first-order valence-corrected chi connectivity index (χ1v) is 7.34. The Kier molecular flexibility index (Phi) is 5.40. The summed E-state index contributed by atoms with van der Waals surface area (Å²) in [6.07, 6.45) is 3.94. The summed E-state index contributed by atoms with van der Waals surface area (Å²) in [7, 11) is 0. The maximum atomic E-state index is 12.2. The van der Waals surface area contributed by atoms with Crippen LogP contribution in [0.4, 0.5) is 0 Å². The van der Waals surface area contributed by atoms with E-state index in [0.29, 0.717) is 12.5 Å². The van der Waals surface area contributed by atoms with Gasteiger partial charge in [-0.05, 0) is 38.3 Å². The highest BCUT2D eigenvalue weighted by atomic mass is 16.2. The summed E-state index contributed by atoms with van der Waals surface area (Å²) in [6, 6.07) is 10.8. The van der Waals surface area contributed by atoms with Crippen molar-refractivity contribution in [2.45, 2.75) is 38.6 Å². The van der Waals surface area contributed by atoms with Crippen LogP contribution >= 0.6 is 0 Å². The maximum Gasteiger partial charge on any atom is 0.224 e. The zero-order valence-electron chi connectivity index (χ0n) is 11.8. The number of carbonyl (C=O) groups is 1. The molecule has 1 saturated heterocycles. The molecule has 1 amide bonds. The SMILES string of the molecule is CCN(CCc1ccccc1)C(=O)CC1CCCN1. The van der Waals surface area contributed by atoms with E-state index in [4.69, 9.17) is 0 Å². The number of amides is 1. The fourth-order valence-corrected chi connectivity index (χ4v) is 2.64. The van der Waals surface area contributed by atoms with Gasteiger partial charge in [-0.25, -0.2) is 0 Å². The summed E-state index contributed by atoms with van der Waals surface area (Å²) in [5.41, 5.74) is 1.30. The number of hydrogen-bond acceptors (Lipinski definition) is 2. The molecule has 1 unspecified atom stereocenters. The van der Waals surface area contributed by atoms with Crippen molar-refractivity contribution in [3.05, 3.63) is 35.9 Å². The van der Waals surface area contributed by atoms with Crippen LogP contribution in [0.25, 0.3) is 0 Å². The number of carbonyl (C=O) groups excluding carboxylic acids is 1. The molecule has 1 aliphatic rings. The van der Waals surface area contributed by atoms with E-state index in [9.17, 15) is 4.79 Å². The van der Waals surface area contributed by atoms with Crippen LogP contribution in [0.1, 0.15) is 31.7 Å². The molecule has 0 aromatic heterocycles. The minimum absolute atomic E-state index is 0.290. The predicted molar refractivity (Wildman–Crippen MR) is 78.0 cm³/mol. The van der Waals surface area contributed by atoms with Gasteiger partial charge in [0.05, 0.1) is 0 Å². The van der Waals surface area contributed by atoms with Gasteiger partial charge in [-0.1, -0.05) is 30.3 Å². The topological polar surface area (TPSA) is 32.3 Å². The monoisotopic (exact) mass is 260 g/mol. The minimum Gasteiger partial charge on any atom is -0.343 e. The predicted octanol–water partition coefficient (Wildman–Crippen LogP) is 2.22. The van der Waals surface area contributed by atoms with Crippen molar-refractivity contribution in [1.82, 2.24) is 10.2 Å². The molecule has 1 fully saturated rings. The molecule has 3 nitrogen and oxygen atoms in total. The zero-order chi connectivity index (χ0) is 13.5. The third-order valence-corrected chi connectivity index (χ3v) is 3.83. The summed E-state index contributed by atoms with van der Waals surface area (Å²) in [5, 5.41) is 3.39. The van der Waals surface area contributed by atoms with Gasteiger partial charge in [0.2, 0.25) is 5.91 Å². The second-order valence-electron chi connectivity index (χ2n) is 5.21. The summed E-state index contributed by atoms with van der Waals surface area (Å²) in [6.45, 7) is 4.75. The lowest BCUT2D eigenvalue weighted by Crippen LogP contribution is -2.37. The average molecular weight is 260 g/mol. The quantitative estimate of drug-likeness (QED) is 0.850.